The van der Waals surface area contributed by atoms with Crippen LogP contribution in [0.2, 0.25) is 0 Å². The monoisotopic (exact) mass is 567 g/mol. The van der Waals surface area contributed by atoms with Crippen LogP contribution in [0.4, 0.5) is 0 Å². The van der Waals surface area contributed by atoms with Gasteiger partial charge in [0.05, 0.1) is 16.6 Å². The molecule has 0 atom stereocenters. The van der Waals surface area contributed by atoms with Crippen LogP contribution in [0.1, 0.15) is 103 Å². The van der Waals surface area contributed by atoms with Gasteiger partial charge in [-0.15, -0.1) is 0 Å². The van der Waals surface area contributed by atoms with Crippen molar-refractivity contribution in [1.29, 1.82) is 0 Å². The van der Waals surface area contributed by atoms with Crippen molar-refractivity contribution in [2.24, 2.45) is 0 Å². The number of benzene rings is 2. The molecule has 1 heterocycles. The number of fused-ring (bicyclic) bond motifs is 1. The lowest BCUT2D eigenvalue weighted by atomic mass is 10.0. The van der Waals surface area contributed by atoms with E-state index in [0.29, 0.717) is 0 Å². The van der Waals surface area contributed by atoms with Crippen LogP contribution in [0, 0.1) is 0 Å². The van der Waals surface area contributed by atoms with E-state index in [2.05, 4.69) is 6.92 Å². The molecule has 8 heteroatoms. The number of hydrogen-bond donors (Lipinski definition) is 6. The predicted molar refractivity (Wildman–Crippen MR) is 164 cm³/mol. The summed E-state index contributed by atoms with van der Waals surface area (Å²) in [6.07, 6.45) is 22.0. The van der Waals surface area contributed by atoms with Crippen LogP contribution >= 0.6 is 0 Å². The number of rotatable bonds is 17. The normalized spacial score (nSPS) is 11.6. The second-order valence-electron chi connectivity index (χ2n) is 10.9. The van der Waals surface area contributed by atoms with Crippen molar-refractivity contribution in [3.8, 4) is 45.8 Å². The number of allylic oxidation sites excluding steroid dienone is 1. The average Bonchev–Trinajstić information content (AvgIpc) is 2.93. The van der Waals surface area contributed by atoms with Gasteiger partial charge in [0.1, 0.15) is 11.5 Å². The quantitative estimate of drug-likeness (QED) is 0.0712. The Morgan fingerprint density at radius 3 is 1.68 bits per heavy atom. The molecule has 8 nitrogen and oxygen atoms in total. The maximum absolute atomic E-state index is 13.0. The molecule has 0 saturated carbocycles. The molecule has 0 spiro atoms. The number of phenolic OH excluding ortho intramolecular Hbond substituents is 5. The van der Waals surface area contributed by atoms with Gasteiger partial charge in [-0.1, -0.05) is 96.5 Å². The molecular formula is C33H45NO7. The summed E-state index contributed by atoms with van der Waals surface area (Å²) in [5.41, 5.74) is -0.769. The second kappa shape index (κ2) is 15.8. The lowest BCUT2D eigenvalue weighted by Crippen LogP contribution is -2.10. The number of unbranched alkanes of at least 4 members (excludes halogenated alkanes) is 14. The first-order valence-electron chi connectivity index (χ1n) is 15.0. The molecule has 0 bridgehead atoms. The molecule has 0 radical (unpaired) electrons. The zero-order chi connectivity index (χ0) is 29.8. The number of pyridine rings is 1. The van der Waals surface area contributed by atoms with Crippen LogP contribution in [0.3, 0.4) is 0 Å². The minimum absolute atomic E-state index is 0.0540. The Balaban J connectivity index is 1.62. The minimum Gasteiger partial charge on any atom is -0.508 e. The molecule has 6 N–H and O–H groups in total. The van der Waals surface area contributed by atoms with Crippen LogP contribution < -0.4 is 5.43 Å². The molecule has 1 aromatic heterocycles. The summed E-state index contributed by atoms with van der Waals surface area (Å²) < 4.78 is 1.42. The highest BCUT2D eigenvalue weighted by atomic mass is 16.3. The van der Waals surface area contributed by atoms with Crippen molar-refractivity contribution in [3.63, 3.8) is 0 Å². The van der Waals surface area contributed by atoms with Crippen molar-refractivity contribution in [3.05, 3.63) is 40.6 Å². The molecule has 0 aliphatic heterocycles. The molecule has 3 aromatic rings. The van der Waals surface area contributed by atoms with E-state index in [-0.39, 0.29) is 27.9 Å². The molecule has 0 aliphatic rings. The van der Waals surface area contributed by atoms with Crippen molar-refractivity contribution in [2.45, 2.75) is 103 Å². The van der Waals surface area contributed by atoms with Crippen molar-refractivity contribution in [1.82, 2.24) is 4.57 Å². The van der Waals surface area contributed by atoms with E-state index in [1.807, 2.05) is 6.08 Å². The van der Waals surface area contributed by atoms with E-state index in [1.165, 1.54) is 81.3 Å². The first-order valence-corrected chi connectivity index (χ1v) is 15.0. The van der Waals surface area contributed by atoms with Crippen LogP contribution in [-0.2, 0) is 0 Å². The number of hydrogen-bond acceptors (Lipinski definition) is 7. The molecule has 0 fully saturated rings. The van der Waals surface area contributed by atoms with Crippen LogP contribution in [0.5, 0.6) is 34.5 Å². The number of aromatic nitrogens is 1. The van der Waals surface area contributed by atoms with Crippen LogP contribution in [0.15, 0.2) is 35.1 Å². The van der Waals surface area contributed by atoms with E-state index in [9.17, 15) is 35.4 Å². The Bertz CT molecular complexity index is 1350. The summed E-state index contributed by atoms with van der Waals surface area (Å²) in [6.45, 7) is 2.25. The van der Waals surface area contributed by atoms with Gasteiger partial charge in [-0.25, -0.2) is 0 Å². The van der Waals surface area contributed by atoms with Gasteiger partial charge in [-0.3, -0.25) is 4.79 Å². The van der Waals surface area contributed by atoms with E-state index in [4.69, 9.17) is 0 Å². The summed E-state index contributed by atoms with van der Waals surface area (Å²) in [6, 6.07) is 4.52. The Morgan fingerprint density at radius 2 is 1.15 bits per heavy atom. The van der Waals surface area contributed by atoms with Gasteiger partial charge in [-0.2, -0.15) is 0 Å². The van der Waals surface area contributed by atoms with Crippen LogP contribution in [-0.4, -0.2) is 35.2 Å². The highest BCUT2D eigenvalue weighted by Gasteiger charge is 2.22. The van der Waals surface area contributed by atoms with Gasteiger partial charge in [0.2, 0.25) is 5.43 Å². The molecule has 224 valence electrons. The Morgan fingerprint density at radius 1 is 0.634 bits per heavy atom. The summed E-state index contributed by atoms with van der Waals surface area (Å²) in [4.78, 5) is 13.0. The third kappa shape index (κ3) is 8.59. The fourth-order valence-corrected chi connectivity index (χ4v) is 5.29. The number of nitrogens with zero attached hydrogens (tertiary/aromatic N) is 1. The fraction of sp³-hybridized carbons (Fsp3) is 0.485. The molecular weight excluding hydrogens is 522 g/mol. The SMILES string of the molecule is CCCCCCCCCCCCCCCCC=Cn1c(-c2cc(O)c(O)c(O)c2)c(O)c(=O)c2c(O)cc(O)cc21. The largest absolute Gasteiger partial charge is 0.508 e. The number of phenols is 5. The van der Waals surface area contributed by atoms with Gasteiger partial charge in [-0.05, 0) is 25.0 Å². The van der Waals surface area contributed by atoms with Crippen molar-refractivity contribution in [2.75, 3.05) is 0 Å². The minimum atomic E-state index is -0.879. The van der Waals surface area contributed by atoms with Crippen molar-refractivity contribution < 1.29 is 30.6 Å². The third-order valence-electron chi connectivity index (χ3n) is 7.57. The molecule has 0 aliphatic carbocycles. The topological polar surface area (TPSA) is 143 Å². The predicted octanol–water partition coefficient (Wildman–Crippen LogP) is 8.24. The highest BCUT2D eigenvalue weighted by molar-refractivity contribution is 5.93. The second-order valence-corrected chi connectivity index (χ2v) is 10.9. The van der Waals surface area contributed by atoms with Crippen LogP contribution in [0.25, 0.3) is 28.4 Å². The summed E-state index contributed by atoms with van der Waals surface area (Å²) in [5.74, 6) is -3.49. The average molecular weight is 568 g/mol. The lowest BCUT2D eigenvalue weighted by molar-refractivity contribution is 0.368. The Labute approximate surface area is 241 Å². The van der Waals surface area contributed by atoms with E-state index < -0.39 is 34.2 Å². The Hall–Kier alpha value is -3.81. The zero-order valence-electron chi connectivity index (χ0n) is 24.1. The summed E-state index contributed by atoms with van der Waals surface area (Å²) >= 11 is 0. The van der Waals surface area contributed by atoms with Gasteiger partial charge < -0.3 is 35.2 Å². The van der Waals surface area contributed by atoms with Gasteiger partial charge in [0.25, 0.3) is 0 Å². The first kappa shape index (κ1) is 31.7. The summed E-state index contributed by atoms with van der Waals surface area (Å²) in [5, 5.41) is 61.0. The molecule has 0 saturated heterocycles. The van der Waals surface area contributed by atoms with Crippen molar-refractivity contribution >= 4 is 17.1 Å². The molecule has 41 heavy (non-hydrogen) atoms. The van der Waals surface area contributed by atoms with Gasteiger partial charge in [0.15, 0.2) is 23.0 Å². The maximum Gasteiger partial charge on any atom is 0.235 e. The number of aromatic hydroxyl groups is 6. The lowest BCUT2D eigenvalue weighted by Gasteiger charge is -2.17. The first-order chi connectivity index (χ1) is 19.8. The molecule has 0 unspecified atom stereocenters. The smallest absolute Gasteiger partial charge is 0.235 e. The van der Waals surface area contributed by atoms with Gasteiger partial charge in [0, 0.05) is 23.9 Å². The standard InChI is InChI=1S/C33H45NO7/c1-2-3-4-5-6-7-8-9-10-11-12-13-14-15-16-17-18-34-25-21-24(35)22-26(36)29(25)32(40)33(41)30(34)23-19-27(37)31(39)28(38)20-23/h17-22,35-39,41H,2-16H2,1H3. The van der Waals surface area contributed by atoms with E-state index >= 15 is 0 Å². The highest BCUT2D eigenvalue weighted by Crippen LogP contribution is 2.42. The Kier molecular flexibility index (Phi) is 12.3. The maximum atomic E-state index is 13.0. The molecule has 3 rings (SSSR count). The fourth-order valence-electron chi connectivity index (χ4n) is 5.29. The van der Waals surface area contributed by atoms with E-state index in [0.717, 1.165) is 43.9 Å². The third-order valence-corrected chi connectivity index (χ3v) is 7.57. The van der Waals surface area contributed by atoms with E-state index in [1.54, 1.807) is 6.20 Å². The molecule has 2 aromatic carbocycles. The zero-order valence-corrected chi connectivity index (χ0v) is 24.1. The molecule has 0 amide bonds. The summed E-state index contributed by atoms with van der Waals surface area (Å²) in [7, 11) is 0. The van der Waals surface area contributed by atoms with Gasteiger partial charge >= 0.3 is 0 Å².